The van der Waals surface area contributed by atoms with Crippen LogP contribution in [0.5, 0.6) is 0 Å². The van der Waals surface area contributed by atoms with Gasteiger partial charge in [0.15, 0.2) is 61.0 Å². The summed E-state index contributed by atoms with van der Waals surface area (Å²) in [6.45, 7) is 29.2. The van der Waals surface area contributed by atoms with E-state index in [1.807, 2.05) is 34.6 Å². The predicted octanol–water partition coefficient (Wildman–Crippen LogP) is 2.92. The molecule has 4 N–H and O–H groups in total. The second-order valence-corrected chi connectivity index (χ2v) is 27.7. The Balaban J connectivity index is 0.000000306. The fourth-order valence-corrected chi connectivity index (χ4v) is 12.6. The van der Waals surface area contributed by atoms with Crippen LogP contribution in [0.2, 0.25) is 0 Å². The van der Waals surface area contributed by atoms with E-state index in [0.717, 1.165) is 0 Å². The first-order valence-corrected chi connectivity index (χ1v) is 34.8. The van der Waals surface area contributed by atoms with E-state index in [1.54, 1.807) is 56.5 Å². The highest BCUT2D eigenvalue weighted by Crippen LogP contribution is 2.38. The van der Waals surface area contributed by atoms with E-state index in [0.29, 0.717) is 31.7 Å². The molecule has 9 heterocycles. The van der Waals surface area contributed by atoms with Crippen LogP contribution in [0.25, 0.3) is 0 Å². The van der Waals surface area contributed by atoms with E-state index in [-0.39, 0.29) is 115 Å². The lowest BCUT2D eigenvalue weighted by atomic mass is 9.92. The minimum absolute atomic E-state index is 0.00185. The zero-order valence-corrected chi connectivity index (χ0v) is 64.7. The molecule has 0 radical (unpaired) electrons. The van der Waals surface area contributed by atoms with Crippen molar-refractivity contribution in [1.29, 1.82) is 0 Å². The Morgan fingerprint density at radius 2 is 0.640 bits per heavy atom. The van der Waals surface area contributed by atoms with Gasteiger partial charge in [-0.15, -0.1) is 0 Å². The summed E-state index contributed by atoms with van der Waals surface area (Å²) in [7, 11) is 10.1. The van der Waals surface area contributed by atoms with Crippen molar-refractivity contribution in [2.45, 2.75) is 267 Å². The largest absolute Gasteiger partial charge is 0.458 e. The number of hydrogen-bond donors (Lipinski definition) is 4. The molecular weight excluding hydrogens is 1470 g/mol. The zero-order chi connectivity index (χ0) is 75.8. The van der Waals surface area contributed by atoms with Crippen LogP contribution in [-0.2, 0) is 138 Å². The fourth-order valence-electron chi connectivity index (χ4n) is 11.7. The molecule has 35 heteroatoms. The van der Waals surface area contributed by atoms with E-state index in [4.69, 9.17) is 125 Å². The number of alkyl halides is 2. The molecule has 28 atom stereocenters. The highest BCUT2D eigenvalue weighted by molar-refractivity contribution is 9.09. The van der Waals surface area contributed by atoms with E-state index < -0.39 is 115 Å². The average molecular weight is 1580 g/mol. The Hall–Kier alpha value is -3.06. The summed E-state index contributed by atoms with van der Waals surface area (Å²) in [6, 6.07) is 0. The maximum atomic E-state index is 11.2. The van der Waals surface area contributed by atoms with Crippen molar-refractivity contribution in [3.05, 3.63) is 0 Å². The third kappa shape index (κ3) is 28.3. The molecule has 9 saturated heterocycles. The molecule has 33 nitrogen and oxygen atoms in total. The number of halogens is 2. The SMILES string of the molecule is CC(=O)O[C@@H]1[C@H]2OC(C)(C)O[C@H]2OC[C@H]1OC(C)=O.CC(=O)O[C@H]1[C@H](OC(C)=O)COC(Br)[C@@H]1C.CC(=O)O[C@H]1[C@H](OC(C)=O)COC(C)[C@@H]1C.CO[C@@H]1[C@@H](C)[C@@H](Br)OC[C@H]1OC.CO[C@@H]1[C@@H](C)[C@@H](C)OC[C@H]1OC.CO[C@@H]1[C@H]2OC(C)(C)O[C@H]2OC[C@H]1OC.OC1OC[C@@H](O)[C@H](O)[C@H]1O. The molecule has 0 aromatic rings. The van der Waals surface area contributed by atoms with E-state index in [2.05, 4.69) is 57.4 Å². The molecule has 0 aliphatic carbocycles. The standard InChI is InChI=1S/C12H18O7.C11H18O5.C10H15BrO5.C10H18O5.C9H18O3.C8H15BrO3.C5H10O5/c1-6(13)16-8-5-15-11-10(9(8)17-7(2)14)18-12(3,4)19-11;1-6-7(2)14-5-10(15-8(3)12)11(6)16-9(4)13;1-5-9(16-7(3)13)8(15-6(2)12)4-14-10(5)11;1-10(2)14-8-7(12-4)6(11-3)5-13-9(8)15-10;1-6-7(2)12-5-8(10-3)9(6)11-4;1-5-7(11-3)6(10-2)4-12-8(5)9;6-2-1-10-5(9)4(8)3(2)7/h8-11H,5H2,1-4H3;6-7,10-11H,5H2,1-4H3;5,8-10H,4H2,1-3H3;6-9H,5H2,1-4H3;6-9H,5H2,1-4H3;5-8H,4H2,1-3H3;2-9H,1H2/t8-,9+,10-,11-;6-,7?,10+,11+;5-,8-,9-,10?;6-,7+,8-,9-;6-,7+,8+,9+;5-,6-,7-,8+;2-,3+,4-,5?/m1011011/s1. The van der Waals surface area contributed by atoms with Gasteiger partial charge < -0.3 is 129 Å². The molecule has 3 unspecified atom stereocenters. The number of carbonyl (C=O) groups excluding carboxylic acids is 6. The van der Waals surface area contributed by atoms with Crippen LogP contribution in [0.15, 0.2) is 0 Å². The van der Waals surface area contributed by atoms with Gasteiger partial charge in [-0.05, 0) is 41.5 Å². The number of rotatable bonds is 12. The minimum atomic E-state index is -1.41. The maximum Gasteiger partial charge on any atom is 0.303 e. The van der Waals surface area contributed by atoms with Crippen LogP contribution in [0.3, 0.4) is 0 Å². The summed E-state index contributed by atoms with van der Waals surface area (Å²) in [5.41, 5.74) is 0. The summed E-state index contributed by atoms with van der Waals surface area (Å²) in [5, 5.41) is 35.1. The summed E-state index contributed by atoms with van der Waals surface area (Å²) >= 11 is 6.76. The van der Waals surface area contributed by atoms with Gasteiger partial charge in [-0.3, -0.25) is 28.8 Å². The van der Waals surface area contributed by atoms with Crippen LogP contribution in [-0.4, -0.2) is 302 Å². The van der Waals surface area contributed by atoms with Crippen molar-refractivity contribution >= 4 is 67.7 Å². The van der Waals surface area contributed by atoms with Crippen molar-refractivity contribution in [3.63, 3.8) is 0 Å². The highest BCUT2D eigenvalue weighted by atomic mass is 79.9. The molecular formula is C65H112Br2O33. The summed E-state index contributed by atoms with van der Waals surface area (Å²) in [5.74, 6) is -3.34. The molecule has 9 aliphatic heterocycles. The second kappa shape index (κ2) is 43.5. The Labute approximate surface area is 603 Å². The number of fused-ring (bicyclic) bond motifs is 2. The van der Waals surface area contributed by atoms with Crippen molar-refractivity contribution in [1.82, 2.24) is 0 Å². The first kappa shape index (κ1) is 91.2. The fraction of sp³-hybridized carbons (Fsp3) is 0.908. The molecule has 0 aromatic carbocycles. The van der Waals surface area contributed by atoms with Crippen molar-refractivity contribution in [3.8, 4) is 0 Å². The molecule has 0 amide bonds. The first-order chi connectivity index (χ1) is 46.7. The summed E-state index contributed by atoms with van der Waals surface area (Å²) < 4.78 is 122. The van der Waals surface area contributed by atoms with Gasteiger partial charge in [-0.1, -0.05) is 59.6 Å². The van der Waals surface area contributed by atoms with E-state index in [1.165, 1.54) is 41.5 Å². The Morgan fingerprint density at radius 3 is 1.03 bits per heavy atom. The van der Waals surface area contributed by atoms with E-state index in [9.17, 15) is 28.8 Å². The Morgan fingerprint density at radius 1 is 0.340 bits per heavy atom. The normalized spacial score (nSPS) is 39.7. The van der Waals surface area contributed by atoms with Crippen LogP contribution >= 0.6 is 31.9 Å². The minimum Gasteiger partial charge on any atom is -0.458 e. The first-order valence-electron chi connectivity index (χ1n) is 32.9. The molecule has 0 aromatic heterocycles. The number of esters is 6. The monoisotopic (exact) mass is 1580 g/mol. The molecule has 0 saturated carbocycles. The van der Waals surface area contributed by atoms with Crippen molar-refractivity contribution < 1.29 is 158 Å². The highest BCUT2D eigenvalue weighted by Gasteiger charge is 2.55. The average Bonchev–Trinajstić information content (AvgIpc) is 1.63. The lowest BCUT2D eigenvalue weighted by Gasteiger charge is -2.38. The topological polar surface area (TPSA) is 396 Å². The third-order valence-electron chi connectivity index (χ3n) is 17.2. The molecule has 0 bridgehead atoms. The molecule has 9 fully saturated rings. The number of hydrogen-bond acceptors (Lipinski definition) is 33. The third-order valence-corrected chi connectivity index (χ3v) is 19.4. The van der Waals surface area contributed by atoms with Crippen molar-refractivity contribution in [2.75, 3.05) is 88.9 Å². The van der Waals surface area contributed by atoms with Gasteiger partial charge in [-0.2, -0.15) is 0 Å². The molecule has 584 valence electrons. The van der Waals surface area contributed by atoms with Gasteiger partial charge in [0.05, 0.1) is 70.7 Å². The summed E-state index contributed by atoms with van der Waals surface area (Å²) in [4.78, 5) is 66.0. The smallest absolute Gasteiger partial charge is 0.303 e. The maximum absolute atomic E-state index is 11.2. The van der Waals surface area contributed by atoms with E-state index >= 15 is 0 Å². The lowest BCUT2D eigenvalue weighted by molar-refractivity contribution is -0.252. The Kier molecular flexibility index (Phi) is 39.7. The van der Waals surface area contributed by atoms with Gasteiger partial charge in [0.2, 0.25) is 0 Å². The molecule has 9 aliphatic rings. The Bertz CT molecular complexity index is 2340. The van der Waals surface area contributed by atoms with Crippen LogP contribution in [0.1, 0.15) is 111 Å². The van der Waals surface area contributed by atoms with Crippen LogP contribution < -0.4 is 0 Å². The number of aliphatic hydroxyl groups excluding tert-OH is 4. The van der Waals surface area contributed by atoms with Gasteiger partial charge in [-0.25, -0.2) is 0 Å². The zero-order valence-electron chi connectivity index (χ0n) is 61.5. The van der Waals surface area contributed by atoms with Crippen molar-refractivity contribution in [2.24, 2.45) is 23.7 Å². The van der Waals surface area contributed by atoms with Crippen LogP contribution in [0, 0.1) is 23.7 Å². The molecule has 9 rings (SSSR count). The number of carbonyl (C=O) groups is 6. The molecule has 0 spiro atoms. The number of methoxy groups -OCH3 is 6. The molecule has 100 heavy (non-hydrogen) atoms. The van der Waals surface area contributed by atoms with Gasteiger partial charge in [0.25, 0.3) is 0 Å². The quantitative estimate of drug-likeness (QED) is 0.124. The lowest BCUT2D eigenvalue weighted by Crippen LogP contribution is -2.54. The van der Waals surface area contributed by atoms with Gasteiger partial charge in [0.1, 0.15) is 71.1 Å². The van der Waals surface area contributed by atoms with Gasteiger partial charge >= 0.3 is 35.8 Å². The predicted molar refractivity (Wildman–Crippen MR) is 352 cm³/mol. The van der Waals surface area contributed by atoms with Gasteiger partial charge in [0, 0.05) is 108 Å². The van der Waals surface area contributed by atoms with Crippen LogP contribution in [0.4, 0.5) is 0 Å². The second-order valence-electron chi connectivity index (χ2n) is 25.8. The number of aliphatic hydroxyl groups is 4. The number of ether oxygens (including phenoxy) is 23. The summed E-state index contributed by atoms with van der Waals surface area (Å²) in [6.07, 6.45) is -9.99.